The Hall–Kier alpha value is -4.18. The van der Waals surface area contributed by atoms with E-state index in [0.717, 1.165) is 65.0 Å². The normalized spacial score (nSPS) is 13.6. The maximum absolute atomic E-state index is 12.9. The smallest absolute Gasteiger partial charge is 0.223 e. The van der Waals surface area contributed by atoms with Crippen molar-refractivity contribution in [2.24, 2.45) is 5.92 Å². The summed E-state index contributed by atoms with van der Waals surface area (Å²) in [7, 11) is 4.90. The van der Waals surface area contributed by atoms with Crippen molar-refractivity contribution in [1.82, 2.24) is 20.3 Å². The molecule has 2 aromatic carbocycles. The van der Waals surface area contributed by atoms with Crippen molar-refractivity contribution >= 4 is 23.1 Å². The highest BCUT2D eigenvalue weighted by Gasteiger charge is 2.25. The van der Waals surface area contributed by atoms with Gasteiger partial charge in [-0.25, -0.2) is 15.0 Å². The SMILES string of the molecule is COc1ccc(-c2cc(N3CCC(C(=O)NCCc4csc(-c5ccc(OC)c(OC)c5)n4)CC3)ncn2)cc1. The predicted molar refractivity (Wildman–Crippen MR) is 156 cm³/mol. The van der Waals surface area contributed by atoms with Gasteiger partial charge in [0.25, 0.3) is 0 Å². The molecule has 5 rings (SSSR count). The summed E-state index contributed by atoms with van der Waals surface area (Å²) in [6.45, 7) is 2.11. The average Bonchev–Trinajstić information content (AvgIpc) is 3.49. The van der Waals surface area contributed by atoms with Crippen molar-refractivity contribution in [3.05, 3.63) is 65.9 Å². The fourth-order valence-corrected chi connectivity index (χ4v) is 5.64. The van der Waals surface area contributed by atoms with Gasteiger partial charge in [0.1, 0.15) is 22.9 Å². The lowest BCUT2D eigenvalue weighted by molar-refractivity contribution is -0.125. The molecule has 0 radical (unpaired) electrons. The van der Waals surface area contributed by atoms with Crippen LogP contribution < -0.4 is 24.4 Å². The molecule has 40 heavy (non-hydrogen) atoms. The highest BCUT2D eigenvalue weighted by molar-refractivity contribution is 7.13. The standard InChI is InChI=1S/C30H33N5O4S/c1-37-24-7-4-20(5-8-24)25-17-28(33-19-32-25)35-14-11-21(12-15-35)29(36)31-13-10-23-18-40-30(34-23)22-6-9-26(38-2)27(16-22)39-3/h4-9,16-19,21H,10-15H2,1-3H3,(H,31,36). The van der Waals surface area contributed by atoms with Gasteiger partial charge in [0.15, 0.2) is 11.5 Å². The number of ether oxygens (including phenoxy) is 3. The number of thiazole rings is 1. The molecule has 0 saturated carbocycles. The number of rotatable bonds is 10. The molecule has 2 aromatic heterocycles. The fourth-order valence-electron chi connectivity index (χ4n) is 4.79. The molecule has 3 heterocycles. The molecule has 0 spiro atoms. The third-order valence-corrected chi connectivity index (χ3v) is 8.03. The third kappa shape index (κ3) is 6.34. The second kappa shape index (κ2) is 12.8. The van der Waals surface area contributed by atoms with Crippen molar-refractivity contribution in [2.75, 3.05) is 45.9 Å². The van der Waals surface area contributed by atoms with E-state index >= 15 is 0 Å². The molecular weight excluding hydrogens is 526 g/mol. The van der Waals surface area contributed by atoms with Crippen molar-refractivity contribution in [1.29, 1.82) is 0 Å². The quantitative estimate of drug-likeness (QED) is 0.294. The highest BCUT2D eigenvalue weighted by atomic mass is 32.1. The van der Waals surface area contributed by atoms with Gasteiger partial charge in [-0.2, -0.15) is 0 Å². The van der Waals surface area contributed by atoms with Gasteiger partial charge in [-0.1, -0.05) is 0 Å². The topological polar surface area (TPSA) is 98.7 Å². The average molecular weight is 560 g/mol. The molecule has 208 valence electrons. The van der Waals surface area contributed by atoms with Gasteiger partial charge in [0, 0.05) is 54.5 Å². The molecular formula is C30H33N5O4S. The number of nitrogens with zero attached hydrogens (tertiary/aromatic N) is 4. The Bertz CT molecular complexity index is 1430. The van der Waals surface area contributed by atoms with E-state index in [-0.39, 0.29) is 11.8 Å². The molecule has 0 atom stereocenters. The molecule has 1 aliphatic rings. The van der Waals surface area contributed by atoms with E-state index in [2.05, 4.69) is 20.2 Å². The minimum atomic E-state index is -0.00287. The largest absolute Gasteiger partial charge is 0.497 e. The van der Waals surface area contributed by atoms with Crippen LogP contribution in [0, 0.1) is 5.92 Å². The molecule has 1 amide bonds. The number of carbonyl (C=O) groups is 1. The Morgan fingerprint density at radius 2 is 1.70 bits per heavy atom. The number of aromatic nitrogens is 3. The zero-order valence-corrected chi connectivity index (χ0v) is 23.7. The summed E-state index contributed by atoms with van der Waals surface area (Å²) in [5.74, 6) is 3.16. The van der Waals surface area contributed by atoms with E-state index in [0.29, 0.717) is 24.5 Å². The molecule has 1 N–H and O–H groups in total. The van der Waals surface area contributed by atoms with Crippen molar-refractivity contribution in [3.63, 3.8) is 0 Å². The zero-order chi connectivity index (χ0) is 27.9. The van der Waals surface area contributed by atoms with Gasteiger partial charge in [0.2, 0.25) is 5.91 Å². The van der Waals surface area contributed by atoms with Crippen LogP contribution in [-0.4, -0.2) is 61.8 Å². The van der Waals surface area contributed by atoms with Gasteiger partial charge in [-0.3, -0.25) is 4.79 Å². The minimum absolute atomic E-state index is 0.00287. The number of hydrogen-bond donors (Lipinski definition) is 1. The Kier molecular flexibility index (Phi) is 8.75. The number of piperidine rings is 1. The summed E-state index contributed by atoms with van der Waals surface area (Å²) >= 11 is 1.58. The third-order valence-electron chi connectivity index (χ3n) is 7.09. The van der Waals surface area contributed by atoms with Crippen LogP contribution in [0.25, 0.3) is 21.8 Å². The number of carbonyl (C=O) groups excluding carboxylic acids is 1. The Morgan fingerprint density at radius 1 is 0.950 bits per heavy atom. The van der Waals surface area contributed by atoms with Crippen LogP contribution in [0.1, 0.15) is 18.5 Å². The molecule has 0 unspecified atom stereocenters. The Labute approximate surface area is 238 Å². The summed E-state index contributed by atoms with van der Waals surface area (Å²) in [4.78, 5) is 28.8. The summed E-state index contributed by atoms with van der Waals surface area (Å²) in [6.07, 6.45) is 3.86. The van der Waals surface area contributed by atoms with Gasteiger partial charge >= 0.3 is 0 Å². The number of benzene rings is 2. The summed E-state index contributed by atoms with van der Waals surface area (Å²) in [6, 6.07) is 15.6. The molecule has 1 aliphatic heterocycles. The van der Waals surface area contributed by atoms with Crippen LogP contribution in [0.2, 0.25) is 0 Å². The molecule has 0 aliphatic carbocycles. The van der Waals surface area contributed by atoms with Gasteiger partial charge < -0.3 is 24.4 Å². The Morgan fingerprint density at radius 3 is 2.42 bits per heavy atom. The lowest BCUT2D eigenvalue weighted by atomic mass is 9.96. The lowest BCUT2D eigenvalue weighted by Gasteiger charge is -2.32. The van der Waals surface area contributed by atoms with Crippen LogP contribution >= 0.6 is 11.3 Å². The van der Waals surface area contributed by atoms with E-state index in [1.54, 1.807) is 39.0 Å². The first-order valence-corrected chi connectivity index (χ1v) is 14.1. The van der Waals surface area contributed by atoms with Crippen LogP contribution in [0.3, 0.4) is 0 Å². The number of amides is 1. The summed E-state index contributed by atoms with van der Waals surface area (Å²) in [5, 5.41) is 6.06. The molecule has 1 saturated heterocycles. The zero-order valence-electron chi connectivity index (χ0n) is 22.9. The van der Waals surface area contributed by atoms with Crippen LogP contribution in [-0.2, 0) is 11.2 Å². The monoisotopic (exact) mass is 559 g/mol. The van der Waals surface area contributed by atoms with Gasteiger partial charge in [-0.05, 0) is 55.3 Å². The lowest BCUT2D eigenvalue weighted by Crippen LogP contribution is -2.41. The predicted octanol–water partition coefficient (Wildman–Crippen LogP) is 4.87. The summed E-state index contributed by atoms with van der Waals surface area (Å²) in [5.41, 5.74) is 3.81. The van der Waals surface area contributed by atoms with E-state index in [1.807, 2.05) is 53.9 Å². The number of methoxy groups -OCH3 is 3. The summed E-state index contributed by atoms with van der Waals surface area (Å²) < 4.78 is 16.0. The van der Waals surface area contributed by atoms with E-state index in [9.17, 15) is 4.79 Å². The van der Waals surface area contributed by atoms with Gasteiger partial charge in [-0.15, -0.1) is 11.3 Å². The minimum Gasteiger partial charge on any atom is -0.497 e. The first kappa shape index (κ1) is 27.4. The van der Waals surface area contributed by atoms with Crippen LogP contribution in [0.5, 0.6) is 17.2 Å². The second-order valence-corrected chi connectivity index (χ2v) is 10.4. The highest BCUT2D eigenvalue weighted by Crippen LogP contribution is 2.33. The van der Waals surface area contributed by atoms with Crippen molar-refractivity contribution < 1.29 is 19.0 Å². The van der Waals surface area contributed by atoms with Crippen molar-refractivity contribution in [2.45, 2.75) is 19.3 Å². The number of hydrogen-bond acceptors (Lipinski definition) is 9. The molecule has 10 heteroatoms. The van der Waals surface area contributed by atoms with E-state index in [4.69, 9.17) is 19.2 Å². The van der Waals surface area contributed by atoms with Gasteiger partial charge in [0.05, 0.1) is 32.7 Å². The Balaban J connectivity index is 1.10. The molecule has 4 aromatic rings. The maximum Gasteiger partial charge on any atom is 0.223 e. The maximum atomic E-state index is 12.9. The van der Waals surface area contributed by atoms with Crippen molar-refractivity contribution in [3.8, 4) is 39.1 Å². The first-order valence-electron chi connectivity index (χ1n) is 13.2. The second-order valence-electron chi connectivity index (χ2n) is 9.51. The van der Waals surface area contributed by atoms with E-state index in [1.165, 1.54) is 0 Å². The molecule has 9 nitrogen and oxygen atoms in total. The van der Waals surface area contributed by atoms with Crippen LogP contribution in [0.4, 0.5) is 5.82 Å². The number of anilines is 1. The molecule has 0 bridgehead atoms. The molecule has 1 fully saturated rings. The van der Waals surface area contributed by atoms with Crippen LogP contribution in [0.15, 0.2) is 60.2 Å². The first-order chi connectivity index (χ1) is 19.6. The van der Waals surface area contributed by atoms with E-state index < -0.39 is 0 Å². The fraction of sp³-hybridized carbons (Fsp3) is 0.333. The number of nitrogens with one attached hydrogen (secondary N) is 1.